The SMILES string of the molecule is O=C(O)C(=O)O.O=C(c1cccnc1)N1CCN(Cc2ccc(Cl)cc2)CC1. The van der Waals surface area contributed by atoms with Crippen LogP contribution in [0.2, 0.25) is 5.02 Å². The van der Waals surface area contributed by atoms with E-state index in [1.54, 1.807) is 18.5 Å². The van der Waals surface area contributed by atoms with E-state index < -0.39 is 11.9 Å². The Hall–Kier alpha value is -2.97. The minimum atomic E-state index is -1.82. The third-order valence-corrected chi connectivity index (χ3v) is 4.32. The van der Waals surface area contributed by atoms with E-state index in [2.05, 4.69) is 22.0 Å². The molecule has 9 heteroatoms. The molecule has 3 rings (SSSR count). The number of piperazine rings is 1. The van der Waals surface area contributed by atoms with Crippen molar-refractivity contribution in [1.29, 1.82) is 0 Å². The number of carbonyl (C=O) groups excluding carboxylic acids is 1. The molecule has 2 heterocycles. The van der Waals surface area contributed by atoms with Crippen LogP contribution in [0.25, 0.3) is 0 Å². The maximum absolute atomic E-state index is 12.4. The number of aromatic nitrogens is 1. The molecule has 148 valence electrons. The third kappa shape index (κ3) is 6.64. The number of benzene rings is 1. The van der Waals surface area contributed by atoms with Gasteiger partial charge in [0.05, 0.1) is 5.56 Å². The first-order valence-corrected chi connectivity index (χ1v) is 8.87. The average molecular weight is 406 g/mol. The van der Waals surface area contributed by atoms with E-state index in [4.69, 9.17) is 31.4 Å². The standard InChI is InChI=1S/C17H18ClN3O.C2H2O4/c18-16-5-3-14(4-6-16)13-20-8-10-21(11-9-20)17(22)15-2-1-7-19-12-15;3-1(4)2(5)6/h1-7,12H,8-11,13H2;(H,3,4)(H,5,6). The lowest BCUT2D eigenvalue weighted by molar-refractivity contribution is -0.159. The fourth-order valence-corrected chi connectivity index (χ4v) is 2.75. The summed E-state index contributed by atoms with van der Waals surface area (Å²) in [6.45, 7) is 4.16. The van der Waals surface area contributed by atoms with Gasteiger partial charge >= 0.3 is 11.9 Å². The molecule has 0 bridgehead atoms. The second kappa shape index (κ2) is 10.4. The number of nitrogens with zero attached hydrogens (tertiary/aromatic N) is 3. The molecule has 1 aliphatic heterocycles. The van der Waals surface area contributed by atoms with Crippen molar-refractivity contribution in [3.63, 3.8) is 0 Å². The highest BCUT2D eigenvalue weighted by Crippen LogP contribution is 2.14. The highest BCUT2D eigenvalue weighted by Gasteiger charge is 2.22. The fraction of sp³-hybridized carbons (Fsp3) is 0.263. The Kier molecular flexibility index (Phi) is 7.91. The summed E-state index contributed by atoms with van der Waals surface area (Å²) in [5.74, 6) is -3.58. The van der Waals surface area contributed by atoms with Crippen molar-refractivity contribution in [2.24, 2.45) is 0 Å². The van der Waals surface area contributed by atoms with Gasteiger partial charge in [0.1, 0.15) is 0 Å². The molecule has 2 aromatic rings. The summed E-state index contributed by atoms with van der Waals surface area (Å²) < 4.78 is 0. The lowest BCUT2D eigenvalue weighted by atomic mass is 10.2. The normalized spacial score (nSPS) is 14.0. The number of hydrogen-bond donors (Lipinski definition) is 2. The molecule has 1 aliphatic rings. The summed E-state index contributed by atoms with van der Waals surface area (Å²) in [7, 11) is 0. The van der Waals surface area contributed by atoms with Crippen LogP contribution < -0.4 is 0 Å². The van der Waals surface area contributed by atoms with Crippen LogP contribution in [-0.2, 0) is 16.1 Å². The topological polar surface area (TPSA) is 111 Å². The van der Waals surface area contributed by atoms with Crippen molar-refractivity contribution in [2.75, 3.05) is 26.2 Å². The maximum atomic E-state index is 12.4. The van der Waals surface area contributed by atoms with Gasteiger partial charge in [-0.05, 0) is 29.8 Å². The fourth-order valence-electron chi connectivity index (χ4n) is 2.63. The van der Waals surface area contributed by atoms with Gasteiger partial charge in [0.15, 0.2) is 0 Å². The summed E-state index contributed by atoms with van der Waals surface area (Å²) in [6.07, 6.45) is 3.31. The van der Waals surface area contributed by atoms with E-state index in [9.17, 15) is 4.79 Å². The zero-order valence-corrected chi connectivity index (χ0v) is 15.7. The molecule has 1 amide bonds. The molecule has 0 unspecified atom stereocenters. The summed E-state index contributed by atoms with van der Waals surface area (Å²) in [5.41, 5.74) is 1.91. The Morgan fingerprint density at radius 3 is 2.07 bits per heavy atom. The van der Waals surface area contributed by atoms with Crippen molar-refractivity contribution >= 4 is 29.4 Å². The molecule has 0 radical (unpaired) electrons. The highest BCUT2D eigenvalue weighted by atomic mass is 35.5. The largest absolute Gasteiger partial charge is 0.473 e. The highest BCUT2D eigenvalue weighted by molar-refractivity contribution is 6.30. The second-order valence-electron chi connectivity index (χ2n) is 6.05. The zero-order valence-electron chi connectivity index (χ0n) is 15.0. The molecular weight excluding hydrogens is 386 g/mol. The Morgan fingerprint density at radius 2 is 1.57 bits per heavy atom. The number of hydrogen-bond acceptors (Lipinski definition) is 5. The van der Waals surface area contributed by atoms with E-state index in [1.165, 1.54) is 5.56 Å². The maximum Gasteiger partial charge on any atom is 0.414 e. The number of carboxylic acids is 2. The molecule has 28 heavy (non-hydrogen) atoms. The van der Waals surface area contributed by atoms with Crippen molar-refractivity contribution in [1.82, 2.24) is 14.8 Å². The lowest BCUT2D eigenvalue weighted by Crippen LogP contribution is -2.48. The predicted molar refractivity (Wildman–Crippen MR) is 102 cm³/mol. The van der Waals surface area contributed by atoms with Gasteiger partial charge in [-0.2, -0.15) is 0 Å². The number of carboxylic acid groups (broad SMARTS) is 2. The van der Waals surface area contributed by atoms with E-state index in [0.29, 0.717) is 5.56 Å². The Morgan fingerprint density at radius 1 is 0.964 bits per heavy atom. The second-order valence-corrected chi connectivity index (χ2v) is 6.48. The van der Waals surface area contributed by atoms with Crippen LogP contribution in [0.3, 0.4) is 0 Å². The van der Waals surface area contributed by atoms with Crippen LogP contribution in [0.15, 0.2) is 48.8 Å². The minimum Gasteiger partial charge on any atom is -0.473 e. The molecular formula is C19H20ClN3O5. The predicted octanol–water partition coefficient (Wildman–Crippen LogP) is 1.85. The van der Waals surface area contributed by atoms with Gasteiger partial charge in [0.2, 0.25) is 0 Å². The number of aliphatic carboxylic acids is 2. The van der Waals surface area contributed by atoms with E-state index in [-0.39, 0.29) is 5.91 Å². The van der Waals surface area contributed by atoms with Gasteiger partial charge in [-0.25, -0.2) is 9.59 Å². The number of amides is 1. The Labute approximate surface area is 167 Å². The van der Waals surface area contributed by atoms with Crippen molar-refractivity contribution in [3.05, 3.63) is 64.9 Å². The van der Waals surface area contributed by atoms with Gasteiger partial charge in [-0.1, -0.05) is 23.7 Å². The first-order valence-electron chi connectivity index (χ1n) is 8.49. The molecule has 1 saturated heterocycles. The van der Waals surface area contributed by atoms with E-state index in [0.717, 1.165) is 37.7 Å². The van der Waals surface area contributed by atoms with E-state index in [1.807, 2.05) is 23.1 Å². The van der Waals surface area contributed by atoms with Gasteiger partial charge < -0.3 is 15.1 Å². The lowest BCUT2D eigenvalue weighted by Gasteiger charge is -2.34. The van der Waals surface area contributed by atoms with Crippen LogP contribution in [0.5, 0.6) is 0 Å². The smallest absolute Gasteiger partial charge is 0.414 e. The molecule has 0 saturated carbocycles. The van der Waals surface area contributed by atoms with Gasteiger partial charge in [-0.3, -0.25) is 14.7 Å². The molecule has 1 fully saturated rings. The Balaban J connectivity index is 0.000000409. The van der Waals surface area contributed by atoms with Crippen LogP contribution in [0, 0.1) is 0 Å². The monoisotopic (exact) mass is 405 g/mol. The number of halogens is 1. The third-order valence-electron chi connectivity index (χ3n) is 4.07. The van der Waals surface area contributed by atoms with Crippen LogP contribution >= 0.6 is 11.6 Å². The van der Waals surface area contributed by atoms with Gasteiger partial charge in [-0.15, -0.1) is 0 Å². The van der Waals surface area contributed by atoms with Crippen molar-refractivity contribution in [2.45, 2.75) is 6.54 Å². The summed E-state index contributed by atoms with van der Waals surface area (Å²) in [6, 6.07) is 11.5. The summed E-state index contributed by atoms with van der Waals surface area (Å²) in [4.78, 5) is 38.8. The zero-order chi connectivity index (χ0) is 20.5. The molecule has 0 atom stereocenters. The van der Waals surface area contributed by atoms with E-state index >= 15 is 0 Å². The van der Waals surface area contributed by atoms with Crippen molar-refractivity contribution < 1.29 is 24.6 Å². The number of pyridine rings is 1. The van der Waals surface area contributed by atoms with Crippen LogP contribution in [0.4, 0.5) is 0 Å². The van der Waals surface area contributed by atoms with Gasteiger partial charge in [0, 0.05) is 50.1 Å². The van der Waals surface area contributed by atoms with Crippen LogP contribution in [0.1, 0.15) is 15.9 Å². The molecule has 1 aromatic heterocycles. The van der Waals surface area contributed by atoms with Crippen molar-refractivity contribution in [3.8, 4) is 0 Å². The van der Waals surface area contributed by atoms with Crippen LogP contribution in [-0.4, -0.2) is 69.0 Å². The Bertz CT molecular complexity index is 794. The molecule has 8 nitrogen and oxygen atoms in total. The summed E-state index contributed by atoms with van der Waals surface area (Å²) in [5, 5.41) is 15.5. The minimum absolute atomic E-state index is 0.0687. The average Bonchev–Trinajstić information content (AvgIpc) is 2.71. The molecule has 2 N–H and O–H groups in total. The number of carbonyl (C=O) groups is 3. The first kappa shape index (κ1) is 21.3. The molecule has 1 aromatic carbocycles. The molecule has 0 aliphatic carbocycles. The molecule has 0 spiro atoms. The quantitative estimate of drug-likeness (QED) is 0.749. The number of rotatable bonds is 3. The summed E-state index contributed by atoms with van der Waals surface area (Å²) >= 11 is 5.90. The van der Waals surface area contributed by atoms with Gasteiger partial charge in [0.25, 0.3) is 5.91 Å². The first-order chi connectivity index (χ1) is 13.4.